The van der Waals surface area contributed by atoms with Gasteiger partial charge in [-0.05, 0) is 75.2 Å². The standard InChI is InChI=1S/C21H24N2O3/c1-4-23-19-11-8-17(13-16(19)7-12-20(23)24)22-21(25)15-5-9-18(10-6-15)26-14(2)3/h5-6,8-11,13-14H,4,7,12H2,1-3H3,(H,22,25). The number of hydrogen-bond acceptors (Lipinski definition) is 3. The number of carbonyl (C=O) groups excluding carboxylic acids is 2. The predicted octanol–water partition coefficient (Wildman–Crippen LogP) is 4.03. The first-order valence-electron chi connectivity index (χ1n) is 8.99. The number of carbonyl (C=O) groups is 2. The zero-order valence-electron chi connectivity index (χ0n) is 15.4. The minimum absolute atomic E-state index is 0.0970. The van der Waals surface area contributed by atoms with Gasteiger partial charge in [-0.1, -0.05) is 0 Å². The summed E-state index contributed by atoms with van der Waals surface area (Å²) in [6.45, 7) is 6.55. The lowest BCUT2D eigenvalue weighted by molar-refractivity contribution is -0.118. The van der Waals surface area contributed by atoms with Crippen molar-refractivity contribution in [2.75, 3.05) is 16.8 Å². The lowest BCUT2D eigenvalue weighted by atomic mass is 10.0. The molecule has 136 valence electrons. The smallest absolute Gasteiger partial charge is 0.255 e. The van der Waals surface area contributed by atoms with E-state index in [4.69, 9.17) is 4.74 Å². The van der Waals surface area contributed by atoms with Gasteiger partial charge in [-0.15, -0.1) is 0 Å². The first-order chi connectivity index (χ1) is 12.5. The van der Waals surface area contributed by atoms with E-state index in [1.54, 1.807) is 29.2 Å². The molecule has 0 unspecified atom stereocenters. The van der Waals surface area contributed by atoms with Gasteiger partial charge in [0.1, 0.15) is 5.75 Å². The maximum atomic E-state index is 12.5. The van der Waals surface area contributed by atoms with Crippen LogP contribution in [0.3, 0.4) is 0 Å². The van der Waals surface area contributed by atoms with Crippen LogP contribution in [0.5, 0.6) is 5.75 Å². The molecule has 0 saturated heterocycles. The first-order valence-corrected chi connectivity index (χ1v) is 8.99. The van der Waals surface area contributed by atoms with E-state index >= 15 is 0 Å². The summed E-state index contributed by atoms with van der Waals surface area (Å²) in [6, 6.07) is 12.8. The van der Waals surface area contributed by atoms with Crippen molar-refractivity contribution < 1.29 is 14.3 Å². The van der Waals surface area contributed by atoms with Crippen molar-refractivity contribution in [1.29, 1.82) is 0 Å². The van der Waals surface area contributed by atoms with Gasteiger partial charge in [0.15, 0.2) is 0 Å². The molecule has 0 radical (unpaired) electrons. The Morgan fingerprint density at radius 1 is 1.15 bits per heavy atom. The fraction of sp³-hybridized carbons (Fsp3) is 0.333. The second kappa shape index (κ2) is 7.60. The lowest BCUT2D eigenvalue weighted by Crippen LogP contribution is -2.34. The van der Waals surface area contributed by atoms with Crippen molar-refractivity contribution in [3.05, 3.63) is 53.6 Å². The molecule has 5 heteroatoms. The van der Waals surface area contributed by atoms with Crippen LogP contribution in [0, 0.1) is 0 Å². The van der Waals surface area contributed by atoms with Crippen LogP contribution < -0.4 is 15.0 Å². The fourth-order valence-electron chi connectivity index (χ4n) is 3.14. The van der Waals surface area contributed by atoms with Crippen molar-refractivity contribution in [3.63, 3.8) is 0 Å². The average Bonchev–Trinajstić information content (AvgIpc) is 2.62. The van der Waals surface area contributed by atoms with Crippen molar-refractivity contribution in [2.24, 2.45) is 0 Å². The second-order valence-corrected chi connectivity index (χ2v) is 6.63. The summed E-state index contributed by atoms with van der Waals surface area (Å²) in [5, 5.41) is 2.93. The molecule has 0 bridgehead atoms. The maximum absolute atomic E-state index is 12.5. The fourth-order valence-corrected chi connectivity index (χ4v) is 3.14. The molecule has 2 amide bonds. The Morgan fingerprint density at radius 3 is 2.54 bits per heavy atom. The molecule has 1 aliphatic rings. The average molecular weight is 352 g/mol. The number of rotatable bonds is 5. The van der Waals surface area contributed by atoms with Gasteiger partial charge in [0, 0.05) is 29.9 Å². The molecule has 0 aliphatic carbocycles. The molecule has 1 aliphatic heterocycles. The summed E-state index contributed by atoms with van der Waals surface area (Å²) in [5.41, 5.74) is 3.34. The molecule has 26 heavy (non-hydrogen) atoms. The largest absolute Gasteiger partial charge is 0.491 e. The summed E-state index contributed by atoms with van der Waals surface area (Å²) in [6.07, 6.45) is 1.31. The molecule has 2 aromatic carbocycles. The summed E-state index contributed by atoms with van der Waals surface area (Å²) < 4.78 is 5.59. The number of aryl methyl sites for hydroxylation is 1. The van der Waals surface area contributed by atoms with E-state index in [1.165, 1.54) is 0 Å². The number of ether oxygens (including phenoxy) is 1. The molecule has 0 aromatic heterocycles. The minimum Gasteiger partial charge on any atom is -0.491 e. The van der Waals surface area contributed by atoms with Crippen LogP contribution in [0.15, 0.2) is 42.5 Å². The molecule has 3 rings (SSSR count). The van der Waals surface area contributed by atoms with Gasteiger partial charge in [0.05, 0.1) is 6.10 Å². The van der Waals surface area contributed by atoms with Crippen LogP contribution in [0.4, 0.5) is 11.4 Å². The Morgan fingerprint density at radius 2 is 1.88 bits per heavy atom. The van der Waals surface area contributed by atoms with E-state index in [2.05, 4.69) is 5.32 Å². The molecule has 2 aromatic rings. The van der Waals surface area contributed by atoms with E-state index in [9.17, 15) is 9.59 Å². The van der Waals surface area contributed by atoms with E-state index in [1.807, 2.05) is 39.0 Å². The summed E-state index contributed by atoms with van der Waals surface area (Å²) >= 11 is 0. The molecule has 1 N–H and O–H groups in total. The Labute approximate surface area is 154 Å². The third kappa shape index (κ3) is 3.87. The van der Waals surface area contributed by atoms with E-state index in [-0.39, 0.29) is 17.9 Å². The predicted molar refractivity (Wildman–Crippen MR) is 103 cm³/mol. The highest BCUT2D eigenvalue weighted by Crippen LogP contribution is 2.30. The van der Waals surface area contributed by atoms with Crippen LogP contribution in [0.2, 0.25) is 0 Å². The summed E-state index contributed by atoms with van der Waals surface area (Å²) in [5.74, 6) is 0.732. The Kier molecular flexibility index (Phi) is 5.26. The van der Waals surface area contributed by atoms with Crippen LogP contribution in [-0.2, 0) is 11.2 Å². The van der Waals surface area contributed by atoms with Crippen molar-refractivity contribution in [2.45, 2.75) is 39.7 Å². The van der Waals surface area contributed by atoms with Crippen LogP contribution in [0.1, 0.15) is 43.1 Å². The number of hydrogen-bond donors (Lipinski definition) is 1. The highest BCUT2D eigenvalue weighted by atomic mass is 16.5. The maximum Gasteiger partial charge on any atom is 0.255 e. The van der Waals surface area contributed by atoms with Crippen LogP contribution in [0.25, 0.3) is 0 Å². The number of amides is 2. The lowest BCUT2D eigenvalue weighted by Gasteiger charge is -2.28. The highest BCUT2D eigenvalue weighted by molar-refractivity contribution is 6.05. The molecule has 5 nitrogen and oxygen atoms in total. The first kappa shape index (κ1) is 18.0. The van der Waals surface area contributed by atoms with Gasteiger partial charge in [-0.2, -0.15) is 0 Å². The third-order valence-electron chi connectivity index (χ3n) is 4.34. The second-order valence-electron chi connectivity index (χ2n) is 6.63. The number of benzene rings is 2. The van der Waals surface area contributed by atoms with Gasteiger partial charge in [-0.25, -0.2) is 0 Å². The Balaban J connectivity index is 1.73. The van der Waals surface area contributed by atoms with Crippen molar-refractivity contribution in [3.8, 4) is 5.75 Å². The Hall–Kier alpha value is -2.82. The third-order valence-corrected chi connectivity index (χ3v) is 4.34. The molecule has 0 saturated carbocycles. The highest BCUT2D eigenvalue weighted by Gasteiger charge is 2.23. The molecule has 0 atom stereocenters. The molecule has 0 spiro atoms. The van der Waals surface area contributed by atoms with Gasteiger partial charge >= 0.3 is 0 Å². The van der Waals surface area contributed by atoms with Crippen LogP contribution in [-0.4, -0.2) is 24.5 Å². The monoisotopic (exact) mass is 352 g/mol. The molecular weight excluding hydrogens is 328 g/mol. The topological polar surface area (TPSA) is 58.6 Å². The van der Waals surface area contributed by atoms with Gasteiger partial charge in [-0.3, -0.25) is 9.59 Å². The van der Waals surface area contributed by atoms with E-state index in [0.717, 1.165) is 22.7 Å². The normalized spacial score (nSPS) is 13.5. The SMILES string of the molecule is CCN1C(=O)CCc2cc(NC(=O)c3ccc(OC(C)C)cc3)ccc21. The van der Waals surface area contributed by atoms with Crippen molar-refractivity contribution in [1.82, 2.24) is 0 Å². The van der Waals surface area contributed by atoms with E-state index < -0.39 is 0 Å². The zero-order valence-corrected chi connectivity index (χ0v) is 15.4. The quantitative estimate of drug-likeness (QED) is 0.884. The molecule has 1 heterocycles. The number of fused-ring (bicyclic) bond motifs is 1. The van der Waals surface area contributed by atoms with Gasteiger partial charge in [0.25, 0.3) is 5.91 Å². The number of nitrogens with zero attached hydrogens (tertiary/aromatic N) is 1. The molecule has 0 fully saturated rings. The minimum atomic E-state index is -0.166. The summed E-state index contributed by atoms with van der Waals surface area (Å²) in [7, 11) is 0. The van der Waals surface area contributed by atoms with Crippen LogP contribution >= 0.6 is 0 Å². The number of anilines is 2. The Bertz CT molecular complexity index is 813. The van der Waals surface area contributed by atoms with Gasteiger partial charge in [0.2, 0.25) is 5.91 Å². The number of nitrogens with one attached hydrogen (secondary N) is 1. The zero-order chi connectivity index (χ0) is 18.7. The van der Waals surface area contributed by atoms with Crippen molar-refractivity contribution >= 4 is 23.2 Å². The summed E-state index contributed by atoms with van der Waals surface area (Å²) in [4.78, 5) is 26.2. The van der Waals surface area contributed by atoms with E-state index in [0.29, 0.717) is 24.9 Å². The van der Waals surface area contributed by atoms with Gasteiger partial charge < -0.3 is 15.0 Å². The molecular formula is C21H24N2O3.